The van der Waals surface area contributed by atoms with Crippen LogP contribution >= 0.6 is 0 Å². The highest BCUT2D eigenvalue weighted by Gasteiger charge is 2.43. The summed E-state index contributed by atoms with van der Waals surface area (Å²) in [5, 5.41) is 3.55. The zero-order valence-corrected chi connectivity index (χ0v) is 18.6. The molecule has 1 saturated heterocycles. The second kappa shape index (κ2) is 8.13. The molecular weight excluding hydrogens is 406 g/mol. The molecule has 2 aliphatic heterocycles. The van der Waals surface area contributed by atoms with Crippen molar-refractivity contribution in [1.82, 2.24) is 4.90 Å². The maximum Gasteiger partial charge on any atom is 0.242 e. The summed E-state index contributed by atoms with van der Waals surface area (Å²) in [6.07, 6.45) is 2.84. The average Bonchev–Trinajstić information content (AvgIpc) is 3.25. The summed E-state index contributed by atoms with van der Waals surface area (Å²) in [6.45, 7) is 6.65. The van der Waals surface area contributed by atoms with Crippen molar-refractivity contribution >= 4 is 23.1 Å². The number of Topliss-reactive ketones (excluding diaryl/α,β-unsaturated/α-hetero) is 1. The van der Waals surface area contributed by atoms with Gasteiger partial charge in [-0.15, -0.1) is 0 Å². The number of carbonyl (C=O) groups is 2. The van der Waals surface area contributed by atoms with Gasteiger partial charge in [0.1, 0.15) is 11.8 Å². The third-order valence-corrected chi connectivity index (χ3v) is 6.49. The van der Waals surface area contributed by atoms with Gasteiger partial charge in [0.15, 0.2) is 5.78 Å². The molecule has 1 amide bonds. The molecule has 168 valence electrons. The summed E-state index contributed by atoms with van der Waals surface area (Å²) >= 11 is 0. The van der Waals surface area contributed by atoms with Crippen LogP contribution < -0.4 is 10.2 Å². The lowest BCUT2D eigenvalue weighted by atomic mass is 9.74. The molecule has 32 heavy (non-hydrogen) atoms. The molecule has 7 heteroatoms. The second-order valence-electron chi connectivity index (χ2n) is 9.51. The molecule has 0 bridgehead atoms. The molecule has 3 heterocycles. The molecule has 3 aliphatic rings. The van der Waals surface area contributed by atoms with Crippen LogP contribution in [-0.4, -0.2) is 49.4 Å². The van der Waals surface area contributed by atoms with E-state index in [0.29, 0.717) is 44.1 Å². The van der Waals surface area contributed by atoms with E-state index in [4.69, 9.17) is 9.15 Å². The van der Waals surface area contributed by atoms with Crippen molar-refractivity contribution in [3.63, 3.8) is 0 Å². The van der Waals surface area contributed by atoms with Crippen LogP contribution in [0.15, 0.2) is 58.3 Å². The molecule has 0 unspecified atom stereocenters. The number of rotatable bonds is 3. The fraction of sp³-hybridized carbons (Fsp3) is 0.440. The minimum atomic E-state index is -0.468. The highest BCUT2D eigenvalue weighted by Crippen LogP contribution is 2.48. The third kappa shape index (κ3) is 3.81. The molecule has 0 saturated carbocycles. The van der Waals surface area contributed by atoms with Gasteiger partial charge in [0, 0.05) is 30.8 Å². The van der Waals surface area contributed by atoms with Gasteiger partial charge in [-0.25, -0.2) is 0 Å². The molecule has 1 aromatic carbocycles. The Balaban J connectivity index is 1.63. The van der Waals surface area contributed by atoms with Gasteiger partial charge in [-0.3, -0.25) is 9.59 Å². The smallest absolute Gasteiger partial charge is 0.242 e. The summed E-state index contributed by atoms with van der Waals surface area (Å²) < 4.78 is 11.3. The number of hydrogen-bond acceptors (Lipinski definition) is 6. The van der Waals surface area contributed by atoms with Crippen LogP contribution in [0.1, 0.15) is 38.5 Å². The minimum Gasteiger partial charge on any atom is -0.467 e. The lowest BCUT2D eigenvalue weighted by molar-refractivity contribution is -0.133. The maximum atomic E-state index is 13.5. The van der Waals surface area contributed by atoms with Gasteiger partial charge in [0.05, 0.1) is 37.4 Å². The largest absolute Gasteiger partial charge is 0.467 e. The van der Waals surface area contributed by atoms with Crippen molar-refractivity contribution in [1.29, 1.82) is 0 Å². The Hall–Kier alpha value is -3.06. The van der Waals surface area contributed by atoms with Gasteiger partial charge in [0.2, 0.25) is 5.91 Å². The van der Waals surface area contributed by atoms with Gasteiger partial charge in [-0.1, -0.05) is 26.0 Å². The summed E-state index contributed by atoms with van der Waals surface area (Å²) in [7, 11) is 0. The number of benzene rings is 1. The number of furan rings is 1. The number of nitrogens with one attached hydrogen (secondary N) is 1. The van der Waals surface area contributed by atoms with E-state index >= 15 is 0 Å². The normalized spacial score (nSPS) is 22.7. The Morgan fingerprint density at radius 1 is 1.12 bits per heavy atom. The zero-order chi connectivity index (χ0) is 22.3. The van der Waals surface area contributed by atoms with Gasteiger partial charge in [-0.2, -0.15) is 0 Å². The first kappa shape index (κ1) is 20.8. The monoisotopic (exact) mass is 435 g/mol. The summed E-state index contributed by atoms with van der Waals surface area (Å²) in [4.78, 5) is 30.7. The van der Waals surface area contributed by atoms with Crippen LogP contribution in [0.2, 0.25) is 0 Å². The van der Waals surface area contributed by atoms with Crippen molar-refractivity contribution in [3.8, 4) is 0 Å². The molecule has 0 spiro atoms. The van der Waals surface area contributed by atoms with E-state index in [1.807, 2.05) is 46.2 Å². The molecule has 1 N–H and O–H groups in total. The van der Waals surface area contributed by atoms with E-state index < -0.39 is 6.04 Å². The summed E-state index contributed by atoms with van der Waals surface area (Å²) in [5.74, 6) is 0.785. The van der Waals surface area contributed by atoms with E-state index in [1.54, 1.807) is 6.26 Å². The summed E-state index contributed by atoms with van der Waals surface area (Å²) in [6, 6.07) is 11.2. The van der Waals surface area contributed by atoms with E-state index in [0.717, 1.165) is 23.5 Å². The Morgan fingerprint density at radius 2 is 1.91 bits per heavy atom. The van der Waals surface area contributed by atoms with Gasteiger partial charge in [0.25, 0.3) is 0 Å². The lowest BCUT2D eigenvalue weighted by Gasteiger charge is -2.37. The highest BCUT2D eigenvalue weighted by atomic mass is 16.5. The molecule has 1 atom stereocenters. The zero-order valence-electron chi connectivity index (χ0n) is 18.6. The number of fused-ring (bicyclic) bond motifs is 1. The predicted octanol–water partition coefficient (Wildman–Crippen LogP) is 3.75. The predicted molar refractivity (Wildman–Crippen MR) is 121 cm³/mol. The number of morpholine rings is 1. The molecule has 1 aliphatic carbocycles. The van der Waals surface area contributed by atoms with E-state index in [9.17, 15) is 9.59 Å². The Labute approximate surface area is 188 Å². The van der Waals surface area contributed by atoms with Crippen LogP contribution in [0.5, 0.6) is 0 Å². The minimum absolute atomic E-state index is 0.0206. The first-order valence-corrected chi connectivity index (χ1v) is 11.2. The van der Waals surface area contributed by atoms with Crippen molar-refractivity contribution in [2.75, 3.05) is 43.1 Å². The number of para-hydroxylation sites is 2. The standard InChI is InChI=1S/C25H29N3O4/c1-25(2)14-18-23(20(29)15-25)24(21-8-5-11-32-21)28(19-7-4-3-6-17(19)26-18)16-22(30)27-9-12-31-13-10-27/h3-8,11,24,26H,9-10,12-16H2,1-2H3/t24-/m1/s1. The fourth-order valence-electron chi connectivity index (χ4n) is 5.03. The molecule has 2 aromatic rings. The van der Waals surface area contributed by atoms with Crippen molar-refractivity contribution in [2.45, 2.75) is 32.7 Å². The first-order valence-electron chi connectivity index (χ1n) is 11.2. The fourth-order valence-corrected chi connectivity index (χ4v) is 5.03. The van der Waals surface area contributed by atoms with Gasteiger partial charge < -0.3 is 24.3 Å². The van der Waals surface area contributed by atoms with E-state index in [1.165, 1.54) is 0 Å². The number of anilines is 2. The number of ether oxygens (including phenoxy) is 1. The van der Waals surface area contributed by atoms with Crippen molar-refractivity contribution in [3.05, 3.63) is 59.7 Å². The third-order valence-electron chi connectivity index (χ3n) is 6.49. The molecule has 7 nitrogen and oxygen atoms in total. The van der Waals surface area contributed by atoms with Gasteiger partial charge in [-0.05, 0) is 36.1 Å². The Morgan fingerprint density at radius 3 is 2.66 bits per heavy atom. The highest BCUT2D eigenvalue weighted by molar-refractivity contribution is 6.01. The first-order chi connectivity index (χ1) is 15.4. The average molecular weight is 436 g/mol. The molecule has 1 aromatic heterocycles. The van der Waals surface area contributed by atoms with Crippen LogP contribution in [0.3, 0.4) is 0 Å². The van der Waals surface area contributed by atoms with Crippen LogP contribution in [0.25, 0.3) is 0 Å². The molecule has 1 fully saturated rings. The SMILES string of the molecule is CC1(C)CC(=O)C2=C(C1)Nc1ccccc1N(CC(=O)N1CCOCC1)[C@@H]2c1ccco1. The Kier molecular flexibility index (Phi) is 5.29. The van der Waals surface area contributed by atoms with E-state index in [2.05, 4.69) is 19.2 Å². The number of ketones is 1. The van der Waals surface area contributed by atoms with Crippen LogP contribution in [0, 0.1) is 5.41 Å². The molecule has 0 radical (unpaired) electrons. The number of allylic oxidation sites excluding steroid dienone is 1. The van der Waals surface area contributed by atoms with Crippen LogP contribution in [-0.2, 0) is 14.3 Å². The quantitative estimate of drug-likeness (QED) is 0.791. The van der Waals surface area contributed by atoms with Crippen molar-refractivity contribution < 1.29 is 18.7 Å². The lowest BCUT2D eigenvalue weighted by Crippen LogP contribution is -2.47. The topological polar surface area (TPSA) is 75.0 Å². The maximum absolute atomic E-state index is 13.5. The summed E-state index contributed by atoms with van der Waals surface area (Å²) in [5.41, 5.74) is 3.26. The number of hydrogen-bond donors (Lipinski definition) is 1. The van der Waals surface area contributed by atoms with E-state index in [-0.39, 0.29) is 23.7 Å². The van der Waals surface area contributed by atoms with Crippen molar-refractivity contribution in [2.24, 2.45) is 5.41 Å². The second-order valence-corrected chi connectivity index (χ2v) is 9.51. The van der Waals surface area contributed by atoms with Crippen LogP contribution in [0.4, 0.5) is 11.4 Å². The number of nitrogens with zero attached hydrogens (tertiary/aromatic N) is 2. The Bertz CT molecular complexity index is 1050. The number of carbonyl (C=O) groups excluding carboxylic acids is 2. The molecular formula is C25H29N3O4. The molecule has 5 rings (SSSR count). The number of amides is 1. The van der Waals surface area contributed by atoms with Gasteiger partial charge >= 0.3 is 0 Å².